The number of aliphatic imine (C=N–C) groups is 2. The van der Waals surface area contributed by atoms with Gasteiger partial charge in [0.25, 0.3) is 17.4 Å². The summed E-state index contributed by atoms with van der Waals surface area (Å²) in [5, 5.41) is 3.12. The van der Waals surface area contributed by atoms with Gasteiger partial charge in [-0.2, -0.15) is 0 Å². The van der Waals surface area contributed by atoms with Crippen molar-refractivity contribution < 1.29 is 33.2 Å². The van der Waals surface area contributed by atoms with Crippen molar-refractivity contribution in [3.05, 3.63) is 57.4 Å². The van der Waals surface area contributed by atoms with Crippen molar-refractivity contribution in [2.24, 2.45) is 15.7 Å². The maximum atomic E-state index is 13.1. The van der Waals surface area contributed by atoms with Crippen LogP contribution in [0, 0.1) is 0 Å². The number of amides is 2. The largest absolute Gasteiger partial charge is 0.579 e. The Balaban J connectivity index is 0.948. The molecule has 2 aromatic rings. The van der Waals surface area contributed by atoms with E-state index < -0.39 is 29.4 Å². The third kappa shape index (κ3) is 10.2. The minimum Gasteiger partial charge on any atom is -0.579 e. The predicted molar refractivity (Wildman–Crippen MR) is 201 cm³/mol. The fraction of sp³-hybridized carbons (Fsp3) is 0.528. The molecular weight excluding hydrogens is 705 g/mol. The van der Waals surface area contributed by atoms with Crippen LogP contribution in [0.25, 0.3) is 0 Å². The van der Waals surface area contributed by atoms with E-state index in [4.69, 9.17) is 20.2 Å². The van der Waals surface area contributed by atoms with Gasteiger partial charge in [-0.1, -0.05) is 18.9 Å². The maximum absolute atomic E-state index is 13.1. The summed E-state index contributed by atoms with van der Waals surface area (Å²) in [5.74, 6) is -0.583. The molecule has 16 nitrogen and oxygen atoms in total. The highest BCUT2D eigenvalue weighted by molar-refractivity contribution is 7.87. The Morgan fingerprint density at radius 1 is 0.962 bits per heavy atom. The van der Waals surface area contributed by atoms with Crippen molar-refractivity contribution in [1.29, 1.82) is 0 Å². The van der Waals surface area contributed by atoms with Crippen molar-refractivity contribution >= 4 is 60.0 Å². The molecule has 286 valence electrons. The van der Waals surface area contributed by atoms with Gasteiger partial charge in [0.2, 0.25) is 0 Å². The number of rotatable bonds is 21. The lowest BCUT2D eigenvalue weighted by molar-refractivity contribution is -0.112. The SMILES string of the molecule is NC=Nc1c(C=NC2CCN([S+]([O-])NCCOCCOCCNc3cccc4c3C(=O)N(C(C=O)CCC=O)C4=O)CC2)ccc(=O)n1C1CCCC1. The Morgan fingerprint density at radius 3 is 2.40 bits per heavy atom. The molecule has 4 N–H and O–H groups in total. The first kappa shape index (κ1) is 39.9. The van der Waals surface area contributed by atoms with Crippen molar-refractivity contribution in [3.8, 4) is 0 Å². The molecule has 53 heavy (non-hydrogen) atoms. The number of nitrogens with zero attached hydrogens (tertiary/aromatic N) is 5. The third-order valence-electron chi connectivity index (χ3n) is 9.52. The molecule has 1 aromatic heterocycles. The lowest BCUT2D eigenvalue weighted by atomic mass is 10.1. The van der Waals surface area contributed by atoms with Crippen LogP contribution < -0.4 is 21.3 Å². The van der Waals surface area contributed by atoms with Crippen LogP contribution in [0.4, 0.5) is 11.5 Å². The molecule has 1 aromatic carbocycles. The number of nitrogens with two attached hydrogens (primary N) is 1. The van der Waals surface area contributed by atoms with Gasteiger partial charge in [-0.05, 0) is 50.3 Å². The van der Waals surface area contributed by atoms with Gasteiger partial charge < -0.3 is 34.7 Å². The number of hydrogen-bond acceptors (Lipinski definition) is 13. The zero-order valence-electron chi connectivity index (χ0n) is 29.7. The number of ether oxygens (including phenoxy) is 2. The number of aromatic nitrogens is 1. The highest BCUT2D eigenvalue weighted by Gasteiger charge is 2.41. The molecule has 1 saturated carbocycles. The average Bonchev–Trinajstić information content (AvgIpc) is 3.79. The molecule has 1 aliphatic carbocycles. The molecule has 2 atom stereocenters. The number of hydrogen-bond donors (Lipinski definition) is 3. The smallest absolute Gasteiger partial charge is 0.264 e. The summed E-state index contributed by atoms with van der Waals surface area (Å²) < 4.78 is 30.7. The first-order chi connectivity index (χ1) is 25.9. The first-order valence-electron chi connectivity index (χ1n) is 18.1. The summed E-state index contributed by atoms with van der Waals surface area (Å²) in [4.78, 5) is 71.0. The summed E-state index contributed by atoms with van der Waals surface area (Å²) >= 11 is -1.36. The van der Waals surface area contributed by atoms with Crippen molar-refractivity contribution in [3.63, 3.8) is 0 Å². The maximum Gasteiger partial charge on any atom is 0.264 e. The van der Waals surface area contributed by atoms with Crippen molar-refractivity contribution in [2.75, 3.05) is 57.9 Å². The van der Waals surface area contributed by atoms with Crippen LogP contribution in [0.1, 0.15) is 83.7 Å². The molecule has 0 spiro atoms. The van der Waals surface area contributed by atoms with Crippen LogP contribution in [0.5, 0.6) is 0 Å². The molecule has 2 fully saturated rings. The van der Waals surface area contributed by atoms with Crippen LogP contribution in [-0.2, 0) is 30.6 Å². The molecule has 2 unspecified atom stereocenters. The van der Waals surface area contributed by atoms with Gasteiger partial charge in [-0.15, -0.1) is 9.03 Å². The quantitative estimate of drug-likeness (QED) is 0.0417. The van der Waals surface area contributed by atoms with Gasteiger partial charge >= 0.3 is 0 Å². The fourth-order valence-electron chi connectivity index (χ4n) is 6.85. The second-order valence-corrected chi connectivity index (χ2v) is 14.2. The Kier molecular flexibility index (Phi) is 15.3. The van der Waals surface area contributed by atoms with Gasteiger partial charge in [0.15, 0.2) is 0 Å². The van der Waals surface area contributed by atoms with Gasteiger partial charge in [0.1, 0.15) is 29.9 Å². The molecule has 1 saturated heterocycles. The number of benzene rings is 1. The Morgan fingerprint density at radius 2 is 1.70 bits per heavy atom. The summed E-state index contributed by atoms with van der Waals surface area (Å²) in [7, 11) is 0. The first-order valence-corrected chi connectivity index (χ1v) is 19.2. The number of aldehydes is 2. The van der Waals surface area contributed by atoms with Crippen LogP contribution in [0.15, 0.2) is 45.1 Å². The highest BCUT2D eigenvalue weighted by Crippen LogP contribution is 2.33. The number of carbonyl (C=O) groups is 4. The van der Waals surface area contributed by atoms with Crippen molar-refractivity contribution in [1.82, 2.24) is 18.5 Å². The third-order valence-corrected chi connectivity index (χ3v) is 10.8. The number of piperidine rings is 1. The number of anilines is 1. The minimum atomic E-state index is -1.36. The minimum absolute atomic E-state index is 0.0628. The van der Waals surface area contributed by atoms with E-state index in [9.17, 15) is 28.5 Å². The Hall–Kier alpha value is -4.26. The van der Waals surface area contributed by atoms with E-state index in [1.54, 1.807) is 41.1 Å². The molecule has 3 heterocycles. The predicted octanol–water partition coefficient (Wildman–Crippen LogP) is 1.92. The summed E-state index contributed by atoms with van der Waals surface area (Å²) in [6.07, 6.45) is 9.87. The van der Waals surface area contributed by atoms with Gasteiger partial charge in [-0.25, -0.2) is 4.99 Å². The molecule has 0 bridgehead atoms. The topological polar surface area (TPSA) is 213 Å². The summed E-state index contributed by atoms with van der Waals surface area (Å²) in [6.45, 7) is 3.33. The normalized spacial score (nSPS) is 18.3. The van der Waals surface area contributed by atoms with E-state index in [2.05, 4.69) is 15.0 Å². The Bertz CT molecular complexity index is 1690. The molecule has 17 heteroatoms. The van der Waals surface area contributed by atoms with E-state index in [0.29, 0.717) is 76.7 Å². The monoisotopic (exact) mass is 752 g/mol. The summed E-state index contributed by atoms with van der Waals surface area (Å²) in [5.41, 5.74) is 7.18. The van der Waals surface area contributed by atoms with Crippen LogP contribution in [-0.4, -0.2) is 120 Å². The number of pyridine rings is 1. The number of carbonyl (C=O) groups excluding carboxylic acids is 4. The number of nitrogens with one attached hydrogen (secondary N) is 2. The molecule has 0 radical (unpaired) electrons. The molecule has 2 aliphatic heterocycles. The molecule has 3 aliphatic rings. The molecule has 5 rings (SSSR count). The van der Waals surface area contributed by atoms with Crippen LogP contribution in [0.3, 0.4) is 0 Å². The zero-order chi connectivity index (χ0) is 37.6. The lowest BCUT2D eigenvalue weighted by Crippen LogP contribution is -2.46. The second kappa shape index (κ2) is 20.3. The molecular formula is C36H48N8O8S. The summed E-state index contributed by atoms with van der Waals surface area (Å²) in [6, 6.07) is 7.38. The highest BCUT2D eigenvalue weighted by atomic mass is 32.2. The fourth-order valence-corrected chi connectivity index (χ4v) is 7.83. The number of fused-ring (bicyclic) bond motifs is 1. The number of imide groups is 1. The standard InChI is InChI=1S/C36H48N8O8S/c37-25-40-34-26(10-11-32(47)43(34)28-5-1-2-6-28)23-39-27-12-16-42(17-13-27)53(50)41-15-20-52-22-21-51-19-14-38-31-9-3-8-30-33(31)36(49)44(35(30)48)29(24-46)7-4-18-45/h3,8-11,18,23-25,27-29,38,41H,1-2,4-7,12-17,19-22H2,(H2,37,40). The molecule has 2 amide bonds. The van der Waals surface area contributed by atoms with Gasteiger partial charge in [0.05, 0.1) is 62.5 Å². The van der Waals surface area contributed by atoms with E-state index in [1.807, 2.05) is 4.31 Å². The van der Waals surface area contributed by atoms with Crippen molar-refractivity contribution in [2.45, 2.75) is 69.5 Å². The zero-order valence-corrected chi connectivity index (χ0v) is 30.5. The van der Waals surface area contributed by atoms with E-state index in [1.165, 1.54) is 6.34 Å². The van der Waals surface area contributed by atoms with Gasteiger partial charge in [-0.3, -0.25) is 28.8 Å². The van der Waals surface area contributed by atoms with Crippen LogP contribution >= 0.6 is 0 Å². The van der Waals surface area contributed by atoms with E-state index >= 15 is 0 Å². The van der Waals surface area contributed by atoms with Crippen LogP contribution in [0.2, 0.25) is 0 Å². The van der Waals surface area contributed by atoms with Gasteiger partial charge in [0, 0.05) is 55.6 Å². The average molecular weight is 753 g/mol. The van der Waals surface area contributed by atoms with E-state index in [0.717, 1.165) is 49.0 Å². The Labute approximate surface area is 311 Å². The van der Waals surface area contributed by atoms with E-state index in [-0.39, 0.29) is 41.6 Å². The lowest BCUT2D eigenvalue weighted by Gasteiger charge is -2.29. The second-order valence-electron chi connectivity index (χ2n) is 12.9.